The van der Waals surface area contributed by atoms with Crippen molar-refractivity contribution in [1.29, 1.82) is 0 Å². The van der Waals surface area contributed by atoms with E-state index in [9.17, 15) is 40.5 Å². The quantitative estimate of drug-likeness (QED) is 0.0991. The Labute approximate surface area is 235 Å². The molecule has 0 bridgehead atoms. The lowest BCUT2D eigenvalue weighted by Gasteiger charge is -2.40. The number of hydrogen-bond donors (Lipinski definition) is 7. The molecular weight excluding hydrogens is 544 g/mol. The summed E-state index contributed by atoms with van der Waals surface area (Å²) in [5.74, 6) is -1.54. The standard InChI is InChI=1S/C28H34O13/c29-18-8-6-17(12-19(18)30)7-9-21(31)39-14-28(36)15-40-27(25(28)35)38-13-20-22(32)23(33)24(34)26(41-20)37-11-10-16-4-2-1-3-5-16/h1-9,12,20,22-27,29-30,32-36H,10-11,13-15H2/b9-7-/t20-,22-,23+,24-,25-,26-,27+,28+/m0/s1. The maximum Gasteiger partial charge on any atom is 0.330 e. The number of carbonyl (C=O) groups is 1. The van der Waals surface area contributed by atoms with Crippen LogP contribution in [0.2, 0.25) is 0 Å². The van der Waals surface area contributed by atoms with Crippen molar-refractivity contribution >= 4 is 12.0 Å². The molecule has 2 fully saturated rings. The maximum atomic E-state index is 12.1. The minimum Gasteiger partial charge on any atom is -0.504 e. The number of aliphatic hydroxyl groups excluding tert-OH is 4. The van der Waals surface area contributed by atoms with E-state index in [2.05, 4.69) is 0 Å². The van der Waals surface area contributed by atoms with Crippen LogP contribution in [0.1, 0.15) is 11.1 Å². The number of rotatable bonds is 11. The van der Waals surface area contributed by atoms with Gasteiger partial charge in [-0.05, 0) is 35.8 Å². The summed E-state index contributed by atoms with van der Waals surface area (Å²) in [5.41, 5.74) is -0.602. The molecule has 0 aliphatic carbocycles. The molecule has 13 heteroatoms. The first-order valence-corrected chi connectivity index (χ1v) is 12.9. The van der Waals surface area contributed by atoms with Gasteiger partial charge in [0.25, 0.3) is 0 Å². The van der Waals surface area contributed by atoms with Gasteiger partial charge in [0.1, 0.15) is 37.1 Å². The third-order valence-electron chi connectivity index (χ3n) is 6.79. The summed E-state index contributed by atoms with van der Waals surface area (Å²) in [6.45, 7) is -1.31. The molecule has 0 saturated carbocycles. The SMILES string of the molecule is O=C(/C=C\c1ccc(O)c(O)c1)OC[C@@]1(O)CO[C@@H](OC[C@@H]2O[C@H](OCCc3ccccc3)[C@@H](O)[C@H](O)[C@H]2O)[C@@H]1O. The van der Waals surface area contributed by atoms with Crippen LogP contribution in [0.25, 0.3) is 6.08 Å². The Morgan fingerprint density at radius 1 is 0.951 bits per heavy atom. The smallest absolute Gasteiger partial charge is 0.330 e. The number of benzene rings is 2. The van der Waals surface area contributed by atoms with Crippen LogP contribution < -0.4 is 0 Å². The Hall–Kier alpha value is -3.11. The summed E-state index contributed by atoms with van der Waals surface area (Å²) >= 11 is 0. The number of aromatic hydroxyl groups is 2. The van der Waals surface area contributed by atoms with E-state index < -0.39 is 74.5 Å². The maximum absolute atomic E-state index is 12.1. The van der Waals surface area contributed by atoms with Gasteiger partial charge in [0.2, 0.25) is 0 Å². The van der Waals surface area contributed by atoms with E-state index in [1.807, 2.05) is 30.3 Å². The Kier molecular flexibility index (Phi) is 10.3. The first kappa shape index (κ1) is 30.8. The fourth-order valence-electron chi connectivity index (χ4n) is 4.29. The van der Waals surface area contributed by atoms with Gasteiger partial charge in [-0.25, -0.2) is 4.79 Å². The molecule has 7 N–H and O–H groups in total. The Bertz CT molecular complexity index is 1170. The number of esters is 1. The molecule has 2 saturated heterocycles. The lowest BCUT2D eigenvalue weighted by molar-refractivity contribution is -0.309. The van der Waals surface area contributed by atoms with Gasteiger partial charge < -0.3 is 59.4 Å². The van der Waals surface area contributed by atoms with Crippen LogP contribution in [0.4, 0.5) is 0 Å². The normalized spacial score (nSPS) is 31.9. The molecule has 0 unspecified atom stereocenters. The highest BCUT2D eigenvalue weighted by Crippen LogP contribution is 2.29. The van der Waals surface area contributed by atoms with E-state index in [0.29, 0.717) is 12.0 Å². The fourth-order valence-corrected chi connectivity index (χ4v) is 4.29. The summed E-state index contributed by atoms with van der Waals surface area (Å²) < 4.78 is 27.0. The van der Waals surface area contributed by atoms with Gasteiger partial charge in [0, 0.05) is 6.08 Å². The Balaban J connectivity index is 1.24. The van der Waals surface area contributed by atoms with Crippen molar-refractivity contribution in [1.82, 2.24) is 0 Å². The van der Waals surface area contributed by atoms with Gasteiger partial charge in [0.05, 0.1) is 19.8 Å². The number of aliphatic hydroxyl groups is 5. The van der Waals surface area contributed by atoms with Crippen molar-refractivity contribution in [3.63, 3.8) is 0 Å². The summed E-state index contributed by atoms with van der Waals surface area (Å²) in [4.78, 5) is 12.1. The van der Waals surface area contributed by atoms with E-state index in [-0.39, 0.29) is 18.1 Å². The molecule has 2 heterocycles. The zero-order valence-corrected chi connectivity index (χ0v) is 21.9. The Morgan fingerprint density at radius 3 is 2.44 bits per heavy atom. The molecule has 0 amide bonds. The average Bonchev–Trinajstić information content (AvgIpc) is 3.25. The van der Waals surface area contributed by atoms with Crippen molar-refractivity contribution in [2.24, 2.45) is 0 Å². The van der Waals surface area contributed by atoms with E-state index in [0.717, 1.165) is 11.6 Å². The molecule has 13 nitrogen and oxygen atoms in total. The fraction of sp³-hybridized carbons (Fsp3) is 0.464. The minimum atomic E-state index is -2.00. The minimum absolute atomic E-state index is 0.172. The van der Waals surface area contributed by atoms with Gasteiger partial charge in [-0.15, -0.1) is 0 Å². The molecule has 8 atom stereocenters. The molecule has 0 aromatic heterocycles. The van der Waals surface area contributed by atoms with Crippen molar-refractivity contribution < 1.29 is 64.2 Å². The monoisotopic (exact) mass is 578 g/mol. The van der Waals surface area contributed by atoms with Crippen LogP contribution in [0.3, 0.4) is 0 Å². The molecule has 0 spiro atoms. The molecule has 224 valence electrons. The largest absolute Gasteiger partial charge is 0.504 e. The van der Waals surface area contributed by atoms with E-state index in [4.69, 9.17) is 23.7 Å². The second-order valence-electron chi connectivity index (χ2n) is 9.87. The number of phenols is 2. The third-order valence-corrected chi connectivity index (χ3v) is 6.79. The van der Waals surface area contributed by atoms with Crippen molar-refractivity contribution in [3.8, 4) is 11.5 Å². The molecule has 2 aliphatic heterocycles. The van der Waals surface area contributed by atoms with Crippen LogP contribution in [-0.4, -0.2) is 117 Å². The van der Waals surface area contributed by atoms with E-state index in [1.165, 1.54) is 24.3 Å². The number of carbonyl (C=O) groups excluding carboxylic acids is 1. The van der Waals surface area contributed by atoms with E-state index >= 15 is 0 Å². The lowest BCUT2D eigenvalue weighted by atomic mass is 9.99. The molecule has 41 heavy (non-hydrogen) atoms. The van der Waals surface area contributed by atoms with Crippen LogP contribution in [0, 0.1) is 0 Å². The van der Waals surface area contributed by atoms with Crippen LogP contribution >= 0.6 is 0 Å². The summed E-state index contributed by atoms with van der Waals surface area (Å²) in [7, 11) is 0. The highest BCUT2D eigenvalue weighted by atomic mass is 16.7. The van der Waals surface area contributed by atoms with Crippen LogP contribution in [-0.2, 0) is 34.9 Å². The number of phenolic OH excluding ortho intramolecular Hbond substituents is 2. The summed E-state index contributed by atoms with van der Waals surface area (Å²) in [5, 5.41) is 71.1. The molecule has 2 aliphatic rings. The summed E-state index contributed by atoms with van der Waals surface area (Å²) in [6, 6.07) is 13.4. The average molecular weight is 579 g/mol. The molecule has 4 rings (SSSR count). The zero-order valence-electron chi connectivity index (χ0n) is 21.9. The van der Waals surface area contributed by atoms with Crippen molar-refractivity contribution in [2.75, 3.05) is 26.4 Å². The van der Waals surface area contributed by atoms with Gasteiger partial charge in [-0.3, -0.25) is 0 Å². The highest BCUT2D eigenvalue weighted by molar-refractivity contribution is 5.87. The predicted octanol–water partition coefficient (Wildman–Crippen LogP) is -0.814. The molecule has 2 aromatic rings. The van der Waals surface area contributed by atoms with Crippen molar-refractivity contribution in [2.45, 2.75) is 55.1 Å². The van der Waals surface area contributed by atoms with Gasteiger partial charge in [0.15, 0.2) is 29.7 Å². The number of ether oxygens (including phenoxy) is 5. The molecular formula is C28H34O13. The zero-order chi connectivity index (χ0) is 29.6. The first-order chi connectivity index (χ1) is 19.6. The number of hydrogen-bond acceptors (Lipinski definition) is 13. The first-order valence-electron chi connectivity index (χ1n) is 12.9. The van der Waals surface area contributed by atoms with E-state index in [1.54, 1.807) is 0 Å². The van der Waals surface area contributed by atoms with Crippen LogP contribution in [0.5, 0.6) is 11.5 Å². The predicted molar refractivity (Wildman–Crippen MR) is 139 cm³/mol. The van der Waals surface area contributed by atoms with Gasteiger partial charge in [-0.2, -0.15) is 0 Å². The van der Waals surface area contributed by atoms with Crippen LogP contribution in [0.15, 0.2) is 54.6 Å². The summed E-state index contributed by atoms with van der Waals surface area (Å²) in [6.07, 6.45) is -7.23. The lowest BCUT2D eigenvalue weighted by Crippen LogP contribution is -2.59. The second kappa shape index (κ2) is 13.7. The molecule has 0 radical (unpaired) electrons. The van der Waals surface area contributed by atoms with Gasteiger partial charge >= 0.3 is 5.97 Å². The molecule has 2 aromatic carbocycles. The van der Waals surface area contributed by atoms with Crippen molar-refractivity contribution in [3.05, 3.63) is 65.7 Å². The Morgan fingerprint density at radius 2 is 1.71 bits per heavy atom. The highest BCUT2D eigenvalue weighted by Gasteiger charge is 2.51. The third kappa shape index (κ3) is 7.80. The topological polar surface area (TPSA) is 205 Å². The van der Waals surface area contributed by atoms with Gasteiger partial charge in [-0.1, -0.05) is 36.4 Å². The second-order valence-corrected chi connectivity index (χ2v) is 9.87.